The summed E-state index contributed by atoms with van der Waals surface area (Å²) in [4.78, 5) is 0. The Labute approximate surface area is 111 Å². The van der Waals surface area contributed by atoms with Crippen molar-refractivity contribution in [1.29, 1.82) is 0 Å². The van der Waals surface area contributed by atoms with E-state index in [0.717, 1.165) is 0 Å². The maximum absolute atomic E-state index is 10.1. The fourth-order valence-electron chi connectivity index (χ4n) is 1.36. The third kappa shape index (κ3) is 2.28. The number of furan rings is 1. The van der Waals surface area contributed by atoms with Crippen molar-refractivity contribution >= 4 is 39.1 Å². The van der Waals surface area contributed by atoms with Gasteiger partial charge in [-0.1, -0.05) is 29.3 Å². The third-order valence-electron chi connectivity index (χ3n) is 2.20. The van der Waals surface area contributed by atoms with Crippen LogP contribution in [0.4, 0.5) is 0 Å². The van der Waals surface area contributed by atoms with Gasteiger partial charge in [0.05, 0.1) is 16.3 Å². The van der Waals surface area contributed by atoms with Crippen LogP contribution in [0.5, 0.6) is 0 Å². The summed E-state index contributed by atoms with van der Waals surface area (Å²) in [6, 6.07) is 6.69. The van der Waals surface area contributed by atoms with Crippen LogP contribution < -0.4 is 0 Å². The van der Waals surface area contributed by atoms with E-state index in [1.165, 1.54) is 6.26 Å². The first-order valence-corrected chi connectivity index (χ1v) is 6.00. The molecule has 1 unspecified atom stereocenters. The molecule has 1 atom stereocenters. The highest BCUT2D eigenvalue weighted by Gasteiger charge is 2.16. The lowest BCUT2D eigenvalue weighted by Crippen LogP contribution is -1.98. The minimum atomic E-state index is -0.789. The van der Waals surface area contributed by atoms with Gasteiger partial charge in [0.25, 0.3) is 0 Å². The molecule has 1 heterocycles. The molecule has 0 saturated heterocycles. The minimum Gasteiger partial charge on any atom is -0.457 e. The molecule has 1 aromatic carbocycles. The van der Waals surface area contributed by atoms with Gasteiger partial charge in [-0.25, -0.2) is 0 Å². The second-order valence-corrected chi connectivity index (χ2v) is 4.76. The molecule has 2 rings (SSSR count). The van der Waals surface area contributed by atoms with Crippen molar-refractivity contribution in [3.8, 4) is 0 Å². The van der Waals surface area contributed by atoms with Crippen molar-refractivity contribution in [2.24, 2.45) is 0 Å². The summed E-state index contributed by atoms with van der Waals surface area (Å²) in [5.74, 6) is 0. The fourth-order valence-corrected chi connectivity index (χ4v) is 2.12. The Kier molecular flexibility index (Phi) is 3.60. The van der Waals surface area contributed by atoms with Crippen LogP contribution in [0.25, 0.3) is 0 Å². The van der Waals surface area contributed by atoms with E-state index in [1.807, 2.05) is 0 Å². The summed E-state index contributed by atoms with van der Waals surface area (Å²) in [6.45, 7) is 0. The van der Waals surface area contributed by atoms with Gasteiger partial charge in [0.2, 0.25) is 0 Å². The van der Waals surface area contributed by atoms with E-state index in [1.54, 1.807) is 24.3 Å². The van der Waals surface area contributed by atoms with Crippen molar-refractivity contribution in [3.05, 3.63) is 56.4 Å². The van der Waals surface area contributed by atoms with E-state index in [2.05, 4.69) is 15.9 Å². The van der Waals surface area contributed by atoms with Gasteiger partial charge in [-0.3, -0.25) is 0 Å². The topological polar surface area (TPSA) is 33.4 Å². The van der Waals surface area contributed by atoms with Gasteiger partial charge in [-0.15, -0.1) is 0 Å². The SMILES string of the molecule is OC(c1ccc(Cl)c(Cl)c1)c1ccoc1Br. The highest BCUT2D eigenvalue weighted by molar-refractivity contribution is 9.10. The first kappa shape index (κ1) is 12.0. The number of hydrogen-bond acceptors (Lipinski definition) is 2. The average molecular weight is 322 g/mol. The molecule has 84 valence electrons. The molecule has 0 spiro atoms. The predicted octanol–water partition coefficient (Wildman–Crippen LogP) is 4.43. The molecular weight excluding hydrogens is 315 g/mol. The van der Waals surface area contributed by atoms with Crippen LogP contribution >= 0.6 is 39.1 Å². The number of aliphatic hydroxyl groups is 1. The molecule has 0 aliphatic rings. The largest absolute Gasteiger partial charge is 0.457 e. The van der Waals surface area contributed by atoms with E-state index in [0.29, 0.717) is 25.8 Å². The van der Waals surface area contributed by atoms with Gasteiger partial charge in [0.1, 0.15) is 6.10 Å². The highest BCUT2D eigenvalue weighted by atomic mass is 79.9. The van der Waals surface area contributed by atoms with Gasteiger partial charge in [-0.2, -0.15) is 0 Å². The summed E-state index contributed by atoms with van der Waals surface area (Å²) in [6.07, 6.45) is 0.711. The number of halogens is 3. The van der Waals surface area contributed by atoms with Crippen LogP contribution in [-0.4, -0.2) is 5.11 Å². The summed E-state index contributed by atoms with van der Waals surface area (Å²) in [5.41, 5.74) is 1.31. The molecule has 0 bridgehead atoms. The summed E-state index contributed by atoms with van der Waals surface area (Å²) >= 11 is 14.9. The molecule has 2 aromatic rings. The van der Waals surface area contributed by atoms with Crippen molar-refractivity contribution in [2.75, 3.05) is 0 Å². The van der Waals surface area contributed by atoms with Gasteiger partial charge in [0.15, 0.2) is 4.67 Å². The lowest BCUT2D eigenvalue weighted by Gasteiger charge is -2.10. The number of rotatable bonds is 2. The molecule has 1 aromatic heterocycles. The van der Waals surface area contributed by atoms with E-state index < -0.39 is 6.10 Å². The van der Waals surface area contributed by atoms with E-state index in [9.17, 15) is 5.11 Å². The van der Waals surface area contributed by atoms with Crippen molar-refractivity contribution in [3.63, 3.8) is 0 Å². The smallest absolute Gasteiger partial charge is 0.175 e. The summed E-state index contributed by atoms with van der Waals surface area (Å²) in [7, 11) is 0. The monoisotopic (exact) mass is 320 g/mol. The molecule has 0 amide bonds. The molecule has 0 radical (unpaired) electrons. The van der Waals surface area contributed by atoms with Gasteiger partial charge < -0.3 is 9.52 Å². The Morgan fingerprint density at radius 2 is 1.94 bits per heavy atom. The maximum atomic E-state index is 10.1. The zero-order valence-electron chi connectivity index (χ0n) is 7.95. The third-order valence-corrected chi connectivity index (χ3v) is 3.58. The molecule has 0 aliphatic carbocycles. The maximum Gasteiger partial charge on any atom is 0.175 e. The predicted molar refractivity (Wildman–Crippen MR) is 66.9 cm³/mol. The Balaban J connectivity index is 2.38. The Morgan fingerprint density at radius 3 is 2.50 bits per heavy atom. The van der Waals surface area contributed by atoms with Gasteiger partial charge in [-0.05, 0) is 39.7 Å². The quantitative estimate of drug-likeness (QED) is 0.887. The lowest BCUT2D eigenvalue weighted by molar-refractivity contribution is 0.218. The number of hydrogen-bond donors (Lipinski definition) is 1. The minimum absolute atomic E-state index is 0.415. The molecule has 2 nitrogen and oxygen atoms in total. The lowest BCUT2D eigenvalue weighted by atomic mass is 10.0. The molecule has 5 heteroatoms. The van der Waals surface area contributed by atoms with Crippen molar-refractivity contribution in [2.45, 2.75) is 6.10 Å². The Bertz CT molecular complexity index is 510. The normalized spacial score (nSPS) is 12.8. The van der Waals surface area contributed by atoms with E-state index in [-0.39, 0.29) is 0 Å². The van der Waals surface area contributed by atoms with Crippen molar-refractivity contribution < 1.29 is 9.52 Å². The molecule has 0 fully saturated rings. The zero-order chi connectivity index (χ0) is 11.7. The van der Waals surface area contributed by atoms with Crippen molar-refractivity contribution in [1.82, 2.24) is 0 Å². The fraction of sp³-hybridized carbons (Fsp3) is 0.0909. The molecule has 0 aliphatic heterocycles. The van der Waals surface area contributed by atoms with Crippen LogP contribution in [0.1, 0.15) is 17.2 Å². The Hall–Kier alpha value is -0.480. The van der Waals surface area contributed by atoms with E-state index in [4.69, 9.17) is 27.6 Å². The summed E-state index contributed by atoms with van der Waals surface area (Å²) < 4.78 is 5.56. The molecule has 1 N–H and O–H groups in total. The first-order valence-electron chi connectivity index (χ1n) is 4.45. The molecular formula is C11H7BrCl2O2. The standard InChI is InChI=1S/C11H7BrCl2O2/c12-11-7(3-4-16-11)10(15)6-1-2-8(13)9(14)5-6/h1-5,10,15H. The second kappa shape index (κ2) is 4.80. The van der Waals surface area contributed by atoms with Gasteiger partial charge >= 0.3 is 0 Å². The Morgan fingerprint density at radius 1 is 1.19 bits per heavy atom. The van der Waals surface area contributed by atoms with Crippen LogP contribution in [0.15, 0.2) is 39.6 Å². The van der Waals surface area contributed by atoms with Crippen LogP contribution in [0, 0.1) is 0 Å². The van der Waals surface area contributed by atoms with Crippen LogP contribution in [0.2, 0.25) is 10.0 Å². The van der Waals surface area contributed by atoms with Crippen LogP contribution in [0.3, 0.4) is 0 Å². The first-order chi connectivity index (χ1) is 7.59. The number of aliphatic hydroxyl groups excluding tert-OH is 1. The van der Waals surface area contributed by atoms with Crippen LogP contribution in [-0.2, 0) is 0 Å². The second-order valence-electron chi connectivity index (χ2n) is 3.23. The van der Waals surface area contributed by atoms with Gasteiger partial charge in [0, 0.05) is 5.56 Å². The van der Waals surface area contributed by atoms with E-state index >= 15 is 0 Å². The number of benzene rings is 1. The summed E-state index contributed by atoms with van der Waals surface area (Å²) in [5, 5.41) is 11.0. The zero-order valence-corrected chi connectivity index (χ0v) is 11.1. The average Bonchev–Trinajstić information content (AvgIpc) is 2.67. The molecule has 0 saturated carbocycles. The molecule has 16 heavy (non-hydrogen) atoms. The highest BCUT2D eigenvalue weighted by Crippen LogP contribution is 2.32.